The number of aryl methyl sites for hydroxylation is 1. The van der Waals surface area contributed by atoms with Gasteiger partial charge >= 0.3 is 6.03 Å². The number of nitrogens with zero attached hydrogens (tertiary/aromatic N) is 4. The number of nitrogens with two attached hydrogens (primary N) is 1. The molecule has 0 unspecified atom stereocenters. The summed E-state index contributed by atoms with van der Waals surface area (Å²) in [6.45, 7) is 0.389. The average Bonchev–Trinajstić information content (AvgIpc) is 3.70. The highest BCUT2D eigenvalue weighted by Gasteiger charge is 2.20. The lowest BCUT2D eigenvalue weighted by Gasteiger charge is -2.10. The summed E-state index contributed by atoms with van der Waals surface area (Å²) in [5.41, 5.74) is 7.27. The van der Waals surface area contributed by atoms with Crippen molar-refractivity contribution in [2.45, 2.75) is 6.42 Å². The molecule has 42 heavy (non-hydrogen) atoms. The Hall–Kier alpha value is -4.89. The Morgan fingerprint density at radius 2 is 1.95 bits per heavy atom. The Balaban J connectivity index is 1.28. The Kier molecular flexibility index (Phi) is 8.40. The van der Waals surface area contributed by atoms with E-state index in [1.807, 2.05) is 11.6 Å². The number of methoxy groups -OCH3 is 1. The standard InChI is InChI=1S/C27H24F2N8O3S2/c1-37-13-31-11-15(37)6-7-32-26(39)36-27-35-23(30)22(42-27)25-34-21(12-41-25)17-9-20(19(29)10-18(17)28)33-24(38)14-4-3-5-16(8-14)40-2/h3-5,8-13H,6-7,30H2,1-2H3,(H,33,38)(H2,32,35,36,39). The molecule has 3 aromatic heterocycles. The summed E-state index contributed by atoms with van der Waals surface area (Å²) in [7, 11) is 3.34. The topological polar surface area (TPSA) is 149 Å². The normalized spacial score (nSPS) is 10.9. The second kappa shape index (κ2) is 12.3. The quantitative estimate of drug-likeness (QED) is 0.180. The van der Waals surface area contributed by atoms with Gasteiger partial charge < -0.3 is 25.7 Å². The lowest BCUT2D eigenvalue weighted by Crippen LogP contribution is -2.30. The number of halogens is 2. The summed E-state index contributed by atoms with van der Waals surface area (Å²) in [5, 5.41) is 10.1. The van der Waals surface area contributed by atoms with Crippen LogP contribution in [0.5, 0.6) is 5.75 Å². The van der Waals surface area contributed by atoms with Crippen LogP contribution in [0.15, 0.2) is 54.3 Å². The van der Waals surface area contributed by atoms with Gasteiger partial charge in [-0.05, 0) is 24.3 Å². The van der Waals surface area contributed by atoms with Gasteiger partial charge in [0.25, 0.3) is 5.91 Å². The molecular formula is C27H24F2N8O3S2. The molecule has 0 radical (unpaired) electrons. The zero-order valence-electron chi connectivity index (χ0n) is 22.3. The van der Waals surface area contributed by atoms with E-state index in [1.54, 1.807) is 36.1 Å². The van der Waals surface area contributed by atoms with E-state index in [0.717, 1.165) is 17.0 Å². The molecule has 11 nitrogen and oxygen atoms in total. The molecule has 0 fully saturated rings. The van der Waals surface area contributed by atoms with Gasteiger partial charge in [0.1, 0.15) is 33.1 Å². The van der Waals surface area contributed by atoms with E-state index in [1.165, 1.54) is 30.6 Å². The van der Waals surface area contributed by atoms with Crippen LogP contribution in [0.4, 0.5) is 30.2 Å². The Morgan fingerprint density at radius 1 is 1.12 bits per heavy atom. The molecule has 216 valence electrons. The second-order valence-corrected chi connectivity index (χ2v) is 10.8. The summed E-state index contributed by atoms with van der Waals surface area (Å²) < 4.78 is 36.4. The highest BCUT2D eigenvalue weighted by Crippen LogP contribution is 2.39. The first-order valence-corrected chi connectivity index (χ1v) is 14.1. The molecule has 15 heteroatoms. The number of imidazole rings is 1. The molecule has 0 atom stereocenters. The van der Waals surface area contributed by atoms with Gasteiger partial charge in [0.2, 0.25) is 0 Å². The van der Waals surface area contributed by atoms with Crippen molar-refractivity contribution in [1.29, 1.82) is 0 Å². The van der Waals surface area contributed by atoms with E-state index in [4.69, 9.17) is 10.5 Å². The third-order valence-electron chi connectivity index (χ3n) is 6.07. The van der Waals surface area contributed by atoms with Gasteiger partial charge in [0.15, 0.2) is 5.13 Å². The summed E-state index contributed by atoms with van der Waals surface area (Å²) in [5.74, 6) is -1.80. The molecule has 0 bridgehead atoms. The molecule has 3 amide bonds. The van der Waals surface area contributed by atoms with Crippen molar-refractivity contribution in [2.75, 3.05) is 30.0 Å². The van der Waals surface area contributed by atoms with E-state index >= 15 is 0 Å². The number of carbonyl (C=O) groups excluding carboxylic acids is 2. The first-order chi connectivity index (χ1) is 20.2. The average molecular weight is 611 g/mol. The number of hydrogen-bond acceptors (Lipinski definition) is 9. The number of benzene rings is 2. The molecule has 0 aliphatic rings. The number of nitrogen functional groups attached to an aromatic ring is 1. The number of hydrogen-bond donors (Lipinski definition) is 4. The number of aromatic nitrogens is 4. The minimum absolute atomic E-state index is 0.0194. The molecule has 5 rings (SSSR count). The lowest BCUT2D eigenvalue weighted by molar-refractivity contribution is 0.102. The number of urea groups is 1. The molecule has 5 N–H and O–H groups in total. The largest absolute Gasteiger partial charge is 0.497 e. The van der Waals surface area contributed by atoms with Crippen LogP contribution in [0, 0.1) is 11.6 Å². The van der Waals surface area contributed by atoms with Gasteiger partial charge in [-0.1, -0.05) is 17.4 Å². The first-order valence-electron chi connectivity index (χ1n) is 12.4. The number of carbonyl (C=O) groups is 2. The van der Waals surface area contributed by atoms with Crippen molar-refractivity contribution in [3.63, 3.8) is 0 Å². The van der Waals surface area contributed by atoms with Crippen LogP contribution in [0.25, 0.3) is 21.1 Å². The molecule has 2 aromatic carbocycles. The number of nitrogens with one attached hydrogen (secondary N) is 3. The van der Waals surface area contributed by atoms with Crippen molar-refractivity contribution < 1.29 is 23.1 Å². The summed E-state index contributed by atoms with van der Waals surface area (Å²) in [6.07, 6.45) is 4.01. The zero-order valence-corrected chi connectivity index (χ0v) is 23.9. The van der Waals surface area contributed by atoms with Crippen molar-refractivity contribution in [3.05, 3.63) is 77.2 Å². The molecule has 0 aliphatic carbocycles. The first kappa shape index (κ1) is 28.6. The van der Waals surface area contributed by atoms with Crippen LogP contribution in [0.1, 0.15) is 16.1 Å². The predicted octanol–water partition coefficient (Wildman–Crippen LogP) is 5.15. The predicted molar refractivity (Wildman–Crippen MR) is 158 cm³/mol. The van der Waals surface area contributed by atoms with Crippen LogP contribution in [0.3, 0.4) is 0 Å². The van der Waals surface area contributed by atoms with Crippen molar-refractivity contribution in [1.82, 2.24) is 24.8 Å². The maximum absolute atomic E-state index is 14.8. The number of rotatable bonds is 9. The smallest absolute Gasteiger partial charge is 0.321 e. The van der Waals surface area contributed by atoms with Gasteiger partial charge in [-0.3, -0.25) is 10.1 Å². The number of anilines is 3. The van der Waals surface area contributed by atoms with Gasteiger partial charge in [-0.2, -0.15) is 0 Å². The fourth-order valence-electron chi connectivity index (χ4n) is 3.91. The van der Waals surface area contributed by atoms with Crippen molar-refractivity contribution in [3.8, 4) is 26.9 Å². The SMILES string of the molecule is COc1cccc(C(=O)Nc2cc(-c3csc(-c4sc(NC(=O)NCCc5cncn5C)nc4N)n3)c(F)cc2F)c1. The summed E-state index contributed by atoms with van der Waals surface area (Å²) >= 11 is 2.28. The van der Waals surface area contributed by atoms with E-state index in [0.29, 0.717) is 34.7 Å². The van der Waals surface area contributed by atoms with Crippen molar-refractivity contribution in [2.24, 2.45) is 7.05 Å². The van der Waals surface area contributed by atoms with E-state index < -0.39 is 23.6 Å². The lowest BCUT2D eigenvalue weighted by atomic mass is 10.1. The summed E-state index contributed by atoms with van der Waals surface area (Å²) in [4.78, 5) is 38.2. The highest BCUT2D eigenvalue weighted by atomic mass is 32.1. The Morgan fingerprint density at radius 3 is 2.71 bits per heavy atom. The summed E-state index contributed by atoms with van der Waals surface area (Å²) in [6, 6.07) is 7.75. The fraction of sp³-hybridized carbons (Fsp3) is 0.148. The fourth-order valence-corrected chi connectivity index (χ4v) is 5.71. The molecular weight excluding hydrogens is 586 g/mol. The van der Waals surface area contributed by atoms with E-state index in [9.17, 15) is 18.4 Å². The van der Waals surface area contributed by atoms with Crippen LogP contribution in [-0.4, -0.2) is 45.1 Å². The maximum Gasteiger partial charge on any atom is 0.321 e. The highest BCUT2D eigenvalue weighted by molar-refractivity contribution is 7.23. The van der Waals surface area contributed by atoms with Gasteiger partial charge in [-0.15, -0.1) is 11.3 Å². The third-order valence-corrected chi connectivity index (χ3v) is 8.05. The van der Waals surface area contributed by atoms with Gasteiger partial charge in [0.05, 0.1) is 24.8 Å². The van der Waals surface area contributed by atoms with Crippen LogP contribution in [-0.2, 0) is 13.5 Å². The number of ether oxygens (including phenoxy) is 1. The Bertz CT molecular complexity index is 1770. The molecule has 0 spiro atoms. The minimum atomic E-state index is -0.941. The third kappa shape index (κ3) is 6.37. The molecule has 3 heterocycles. The monoisotopic (exact) mass is 610 g/mol. The molecule has 5 aromatic rings. The van der Waals surface area contributed by atoms with Gasteiger partial charge in [0, 0.05) is 54.5 Å². The molecule has 0 aliphatic heterocycles. The van der Waals surface area contributed by atoms with E-state index in [-0.39, 0.29) is 33.5 Å². The van der Waals surface area contributed by atoms with Crippen LogP contribution in [0.2, 0.25) is 0 Å². The van der Waals surface area contributed by atoms with Crippen molar-refractivity contribution >= 4 is 51.2 Å². The van der Waals surface area contributed by atoms with Gasteiger partial charge in [-0.25, -0.2) is 28.5 Å². The number of thiazole rings is 2. The minimum Gasteiger partial charge on any atom is -0.497 e. The maximum atomic E-state index is 14.8. The Labute approximate surface area is 246 Å². The number of amides is 3. The zero-order chi connectivity index (χ0) is 29.8. The van der Waals surface area contributed by atoms with Crippen LogP contribution >= 0.6 is 22.7 Å². The van der Waals surface area contributed by atoms with E-state index in [2.05, 4.69) is 30.9 Å². The van der Waals surface area contributed by atoms with Crippen LogP contribution < -0.4 is 26.4 Å². The molecule has 0 saturated carbocycles. The second-order valence-electron chi connectivity index (χ2n) is 8.90. The molecule has 0 saturated heterocycles.